The fraction of sp³-hybridized carbons (Fsp3) is 0.308. The highest BCUT2D eigenvalue weighted by Crippen LogP contribution is 2.40. The van der Waals surface area contributed by atoms with Gasteiger partial charge in [-0.3, -0.25) is 19.2 Å². The van der Waals surface area contributed by atoms with Crippen LogP contribution < -0.4 is 14.5 Å². The molecule has 33 heavy (non-hydrogen) atoms. The van der Waals surface area contributed by atoms with Crippen molar-refractivity contribution in [2.24, 2.45) is 17.8 Å². The molecule has 0 radical (unpaired) electrons. The maximum atomic E-state index is 13.0. The molecular weight excluding hydrogens is 420 g/mol. The number of nitrogens with zero attached hydrogens (tertiary/aromatic N) is 2. The Bertz CT molecular complexity index is 1170. The van der Waals surface area contributed by atoms with E-state index in [1.165, 1.54) is 11.0 Å². The predicted molar refractivity (Wildman–Crippen MR) is 121 cm³/mol. The minimum Gasteiger partial charge on any atom is -0.426 e. The smallest absolute Gasteiger partial charge is 0.316 e. The normalized spacial score (nSPS) is 24.7. The average Bonchev–Trinajstić information content (AvgIpc) is 3.32. The van der Waals surface area contributed by atoms with Crippen LogP contribution in [0, 0.1) is 17.8 Å². The third-order valence-electron chi connectivity index (χ3n) is 6.64. The lowest BCUT2D eigenvalue weighted by molar-refractivity contribution is -0.139. The van der Waals surface area contributed by atoms with Gasteiger partial charge in [0, 0.05) is 24.7 Å². The Morgan fingerprint density at radius 3 is 2.42 bits per heavy atom. The van der Waals surface area contributed by atoms with Gasteiger partial charge in [0.15, 0.2) is 0 Å². The van der Waals surface area contributed by atoms with Gasteiger partial charge in [0.05, 0.1) is 23.4 Å². The van der Waals surface area contributed by atoms with Gasteiger partial charge in [0.25, 0.3) is 0 Å². The number of fused-ring (bicyclic) bond motifs is 1. The lowest BCUT2D eigenvalue weighted by atomic mass is 9.82. The highest BCUT2D eigenvalue weighted by molar-refractivity contribution is 6.22. The number of hydrogen-bond acceptors (Lipinski definition) is 5. The van der Waals surface area contributed by atoms with E-state index >= 15 is 0 Å². The molecule has 3 aliphatic rings. The number of imide groups is 1. The van der Waals surface area contributed by atoms with Crippen LogP contribution in [0.1, 0.15) is 26.2 Å². The predicted octanol–water partition coefficient (Wildman–Crippen LogP) is 3.49. The first-order valence-electron chi connectivity index (χ1n) is 11.1. The molecule has 2 aromatic carbocycles. The van der Waals surface area contributed by atoms with Crippen molar-refractivity contribution in [1.29, 1.82) is 0 Å². The molecule has 2 heterocycles. The van der Waals surface area contributed by atoms with Crippen LogP contribution in [0.4, 0.5) is 11.4 Å². The van der Waals surface area contributed by atoms with Crippen LogP contribution in [0.3, 0.4) is 0 Å². The van der Waals surface area contributed by atoms with E-state index in [1.807, 2.05) is 43.3 Å². The number of amides is 3. The number of ether oxygens (including phenoxy) is 1. The minimum atomic E-state index is -0.590. The Hall–Kier alpha value is -3.74. The van der Waals surface area contributed by atoms with Crippen molar-refractivity contribution in [1.82, 2.24) is 0 Å². The Kier molecular flexibility index (Phi) is 5.32. The van der Waals surface area contributed by atoms with E-state index in [2.05, 4.69) is 0 Å². The average molecular weight is 444 g/mol. The van der Waals surface area contributed by atoms with Gasteiger partial charge in [0.1, 0.15) is 5.75 Å². The fourth-order valence-corrected chi connectivity index (χ4v) is 4.90. The van der Waals surface area contributed by atoms with E-state index in [1.54, 1.807) is 23.1 Å². The zero-order valence-corrected chi connectivity index (χ0v) is 18.3. The van der Waals surface area contributed by atoms with E-state index in [4.69, 9.17) is 4.74 Å². The second-order valence-corrected chi connectivity index (χ2v) is 8.87. The van der Waals surface area contributed by atoms with Crippen molar-refractivity contribution in [3.8, 4) is 5.75 Å². The summed E-state index contributed by atoms with van der Waals surface area (Å²) < 4.78 is 5.56. The van der Waals surface area contributed by atoms with Crippen LogP contribution in [0.15, 0.2) is 66.2 Å². The van der Waals surface area contributed by atoms with Crippen molar-refractivity contribution in [2.45, 2.75) is 26.2 Å². The van der Waals surface area contributed by atoms with Gasteiger partial charge >= 0.3 is 5.97 Å². The van der Waals surface area contributed by atoms with Crippen LogP contribution in [-0.4, -0.2) is 30.2 Å². The minimum absolute atomic E-state index is 0.0756. The number of allylic oxidation sites excluding steroid dienone is 2. The fourth-order valence-electron chi connectivity index (χ4n) is 4.90. The molecule has 1 aliphatic carbocycles. The summed E-state index contributed by atoms with van der Waals surface area (Å²) in [7, 11) is 0. The third kappa shape index (κ3) is 3.84. The molecule has 3 amide bonds. The molecule has 0 bridgehead atoms. The number of para-hydroxylation sites is 1. The molecule has 2 fully saturated rings. The number of anilines is 2. The van der Waals surface area contributed by atoms with Gasteiger partial charge in [-0.15, -0.1) is 0 Å². The molecular formula is C26H24N2O5. The topological polar surface area (TPSA) is 84.0 Å². The van der Waals surface area contributed by atoms with Gasteiger partial charge in [-0.1, -0.05) is 35.9 Å². The third-order valence-corrected chi connectivity index (χ3v) is 6.64. The van der Waals surface area contributed by atoms with Gasteiger partial charge in [-0.2, -0.15) is 0 Å². The van der Waals surface area contributed by atoms with Crippen molar-refractivity contribution in [3.63, 3.8) is 0 Å². The van der Waals surface area contributed by atoms with E-state index in [-0.39, 0.29) is 48.3 Å². The second-order valence-electron chi connectivity index (χ2n) is 8.87. The maximum absolute atomic E-state index is 13.0. The van der Waals surface area contributed by atoms with Crippen molar-refractivity contribution >= 4 is 35.1 Å². The molecule has 3 atom stereocenters. The Balaban J connectivity index is 1.29. The lowest BCUT2D eigenvalue weighted by Gasteiger charge is -2.18. The molecule has 2 aromatic rings. The highest BCUT2D eigenvalue weighted by atomic mass is 16.5. The van der Waals surface area contributed by atoms with Crippen LogP contribution >= 0.6 is 0 Å². The van der Waals surface area contributed by atoms with Gasteiger partial charge in [-0.25, -0.2) is 4.90 Å². The van der Waals surface area contributed by atoms with E-state index in [0.717, 1.165) is 11.3 Å². The van der Waals surface area contributed by atoms with Crippen molar-refractivity contribution in [2.75, 3.05) is 16.3 Å². The highest BCUT2D eigenvalue weighted by Gasteiger charge is 2.48. The Morgan fingerprint density at radius 2 is 1.64 bits per heavy atom. The molecule has 168 valence electrons. The SMILES string of the molecule is CC1=CC[C@@H]2C(=O)N(c3cccc(OC(=O)[C@@H]4CC(=O)N(c5ccccc5)C4)c3)C(=O)[C@H]2C1. The molecule has 5 rings (SSSR count). The Morgan fingerprint density at radius 1 is 0.909 bits per heavy atom. The van der Waals surface area contributed by atoms with Crippen LogP contribution in [0.2, 0.25) is 0 Å². The largest absolute Gasteiger partial charge is 0.426 e. The standard InChI is InChI=1S/C26H24N2O5/c1-16-10-11-21-22(12-16)25(31)28(24(21)30)19-8-5-9-20(14-19)33-26(32)17-13-23(29)27(15-17)18-6-3-2-4-7-18/h2-10,14,17,21-22H,11-13,15H2,1H3/t17-,21+,22+/m1/s1. The summed E-state index contributed by atoms with van der Waals surface area (Å²) in [6.07, 6.45) is 3.26. The molecule has 0 unspecified atom stereocenters. The van der Waals surface area contributed by atoms with Crippen LogP contribution in [-0.2, 0) is 19.2 Å². The van der Waals surface area contributed by atoms with E-state index in [9.17, 15) is 19.2 Å². The Labute approximate surface area is 191 Å². The molecule has 0 N–H and O–H groups in total. The van der Waals surface area contributed by atoms with E-state index < -0.39 is 11.9 Å². The first-order chi connectivity index (χ1) is 15.9. The molecule has 2 aliphatic heterocycles. The number of esters is 1. The molecule has 7 heteroatoms. The van der Waals surface area contributed by atoms with Gasteiger partial charge < -0.3 is 9.64 Å². The summed E-state index contributed by atoms with van der Waals surface area (Å²) in [5, 5.41) is 0. The molecule has 0 spiro atoms. The number of benzene rings is 2. The van der Waals surface area contributed by atoms with Gasteiger partial charge in [-0.05, 0) is 44.0 Å². The van der Waals surface area contributed by atoms with Crippen LogP contribution in [0.5, 0.6) is 5.75 Å². The monoisotopic (exact) mass is 444 g/mol. The quantitative estimate of drug-likeness (QED) is 0.312. The summed E-state index contributed by atoms with van der Waals surface area (Å²) in [6, 6.07) is 15.7. The van der Waals surface area contributed by atoms with E-state index in [0.29, 0.717) is 18.5 Å². The summed E-state index contributed by atoms with van der Waals surface area (Å²) in [4.78, 5) is 53.9. The molecule has 0 saturated carbocycles. The van der Waals surface area contributed by atoms with Gasteiger partial charge in [0.2, 0.25) is 17.7 Å². The second kappa shape index (κ2) is 8.31. The number of rotatable bonds is 4. The number of hydrogen-bond donors (Lipinski definition) is 0. The van der Waals surface area contributed by atoms with Crippen molar-refractivity contribution in [3.05, 3.63) is 66.2 Å². The van der Waals surface area contributed by atoms with Crippen LogP contribution in [0.25, 0.3) is 0 Å². The zero-order chi connectivity index (χ0) is 23.1. The number of carbonyl (C=O) groups excluding carboxylic acids is 4. The van der Waals surface area contributed by atoms with Crippen molar-refractivity contribution < 1.29 is 23.9 Å². The zero-order valence-electron chi connectivity index (χ0n) is 18.3. The summed E-state index contributed by atoms with van der Waals surface area (Å²) in [5.41, 5.74) is 2.27. The molecule has 2 saturated heterocycles. The first-order valence-corrected chi connectivity index (χ1v) is 11.1. The lowest BCUT2D eigenvalue weighted by Crippen LogP contribution is -2.31. The summed E-state index contributed by atoms with van der Waals surface area (Å²) >= 11 is 0. The summed E-state index contributed by atoms with van der Waals surface area (Å²) in [5.74, 6) is -2.06. The first kappa shape index (κ1) is 21.1. The molecule has 7 nitrogen and oxygen atoms in total. The number of carbonyl (C=O) groups is 4. The maximum Gasteiger partial charge on any atom is 0.316 e. The molecule has 0 aromatic heterocycles. The summed E-state index contributed by atoms with van der Waals surface area (Å²) in [6.45, 7) is 2.23.